The van der Waals surface area contributed by atoms with Crippen molar-refractivity contribution >= 4 is 37.2 Å². The van der Waals surface area contributed by atoms with Crippen LogP contribution in [-0.2, 0) is 16.4 Å². The van der Waals surface area contributed by atoms with Crippen LogP contribution in [0.25, 0.3) is 5.65 Å². The highest BCUT2D eigenvalue weighted by Crippen LogP contribution is 2.22. The molecule has 0 radical (unpaired) electrons. The van der Waals surface area contributed by atoms with Gasteiger partial charge in [-0.15, -0.1) is 0 Å². The maximum atomic E-state index is 11.6. The Bertz CT molecular complexity index is 982. The van der Waals surface area contributed by atoms with Gasteiger partial charge in [0.05, 0.1) is 10.6 Å². The first kappa shape index (κ1) is 15.9. The van der Waals surface area contributed by atoms with E-state index in [0.717, 1.165) is 21.5 Å². The number of anilines is 1. The van der Waals surface area contributed by atoms with Crippen LogP contribution in [0, 0.1) is 6.92 Å². The summed E-state index contributed by atoms with van der Waals surface area (Å²) in [5, 5.41) is 3.21. The Hall–Kier alpha value is -1.93. The lowest BCUT2D eigenvalue weighted by Gasteiger charge is -2.08. The van der Waals surface area contributed by atoms with Crippen molar-refractivity contribution in [3.05, 3.63) is 52.5 Å². The van der Waals surface area contributed by atoms with E-state index in [1.807, 2.05) is 23.6 Å². The minimum Gasteiger partial charge on any atom is -0.363 e. The van der Waals surface area contributed by atoms with Gasteiger partial charge < -0.3 is 5.32 Å². The molecule has 0 aliphatic heterocycles. The zero-order chi connectivity index (χ0) is 16.6. The van der Waals surface area contributed by atoms with Crippen LogP contribution in [0.2, 0.25) is 0 Å². The fraction of sp³-hybridized carbons (Fsp3) is 0.200. The summed E-state index contributed by atoms with van der Waals surface area (Å²) in [5.74, 6) is 0.644. The van der Waals surface area contributed by atoms with E-state index in [0.29, 0.717) is 17.3 Å². The SMILES string of the molecule is Cc1nc2c(NCc3cccc(S(C)(=O)=O)c3)nccn2c1Br. The first-order valence-electron chi connectivity index (χ1n) is 6.88. The van der Waals surface area contributed by atoms with Gasteiger partial charge in [0.15, 0.2) is 21.3 Å². The molecule has 0 atom stereocenters. The third-order valence-corrected chi connectivity index (χ3v) is 5.50. The van der Waals surface area contributed by atoms with E-state index in [1.54, 1.807) is 24.4 Å². The minimum atomic E-state index is -3.21. The molecule has 0 saturated carbocycles. The van der Waals surface area contributed by atoms with Crippen molar-refractivity contribution in [3.63, 3.8) is 0 Å². The minimum absolute atomic E-state index is 0.308. The molecule has 6 nitrogen and oxygen atoms in total. The van der Waals surface area contributed by atoms with E-state index in [-0.39, 0.29) is 0 Å². The molecular formula is C15H15BrN4O2S. The number of sulfone groups is 1. The molecule has 1 N–H and O–H groups in total. The van der Waals surface area contributed by atoms with Crippen molar-refractivity contribution in [1.82, 2.24) is 14.4 Å². The Morgan fingerprint density at radius 2 is 2.13 bits per heavy atom. The molecule has 8 heteroatoms. The Morgan fingerprint density at radius 3 is 2.87 bits per heavy atom. The molecule has 23 heavy (non-hydrogen) atoms. The van der Waals surface area contributed by atoms with Crippen molar-refractivity contribution < 1.29 is 8.42 Å². The van der Waals surface area contributed by atoms with E-state index in [4.69, 9.17) is 0 Å². The zero-order valence-electron chi connectivity index (χ0n) is 12.6. The number of halogens is 1. The predicted octanol–water partition coefficient (Wildman–Crippen LogP) is 2.82. The average molecular weight is 395 g/mol. The molecule has 0 spiro atoms. The van der Waals surface area contributed by atoms with Crippen LogP contribution in [0.5, 0.6) is 0 Å². The standard InChI is InChI=1S/C15H15BrN4O2S/c1-10-13(16)20-7-6-17-14(15(20)19-10)18-9-11-4-3-5-12(8-11)23(2,21)22/h3-8H,9H2,1-2H3,(H,17,18). The van der Waals surface area contributed by atoms with Gasteiger partial charge in [-0.3, -0.25) is 4.40 Å². The summed E-state index contributed by atoms with van der Waals surface area (Å²) in [6.45, 7) is 2.37. The van der Waals surface area contributed by atoms with Crippen LogP contribution in [0.15, 0.2) is 46.2 Å². The predicted molar refractivity (Wildman–Crippen MR) is 92.3 cm³/mol. The Balaban J connectivity index is 1.88. The summed E-state index contributed by atoms with van der Waals surface area (Å²) in [6.07, 6.45) is 4.72. The lowest BCUT2D eigenvalue weighted by atomic mass is 10.2. The number of aryl methyl sites for hydroxylation is 1. The summed E-state index contributed by atoms with van der Waals surface area (Å²) in [6, 6.07) is 6.86. The molecule has 120 valence electrons. The Morgan fingerprint density at radius 1 is 1.35 bits per heavy atom. The molecule has 0 aliphatic carbocycles. The molecular weight excluding hydrogens is 380 g/mol. The van der Waals surface area contributed by atoms with Gasteiger partial charge >= 0.3 is 0 Å². The fourth-order valence-electron chi connectivity index (χ4n) is 2.26. The highest BCUT2D eigenvalue weighted by atomic mass is 79.9. The van der Waals surface area contributed by atoms with Crippen LogP contribution >= 0.6 is 15.9 Å². The quantitative estimate of drug-likeness (QED) is 0.735. The summed E-state index contributed by atoms with van der Waals surface area (Å²) in [4.78, 5) is 9.10. The van der Waals surface area contributed by atoms with Crippen LogP contribution in [0.1, 0.15) is 11.3 Å². The van der Waals surface area contributed by atoms with Crippen molar-refractivity contribution in [2.24, 2.45) is 0 Å². The molecule has 0 aliphatic rings. The first-order valence-corrected chi connectivity index (χ1v) is 9.57. The van der Waals surface area contributed by atoms with Gasteiger partial charge in [-0.05, 0) is 40.5 Å². The molecule has 0 saturated heterocycles. The lowest BCUT2D eigenvalue weighted by Crippen LogP contribution is -2.05. The Kier molecular flexibility index (Phi) is 4.11. The van der Waals surface area contributed by atoms with Crippen molar-refractivity contribution in [2.45, 2.75) is 18.4 Å². The second-order valence-corrected chi connectivity index (χ2v) is 8.00. The number of hydrogen-bond acceptors (Lipinski definition) is 5. The molecule has 0 bridgehead atoms. The summed E-state index contributed by atoms with van der Waals surface area (Å²) in [5.41, 5.74) is 2.45. The molecule has 3 aromatic rings. The zero-order valence-corrected chi connectivity index (χ0v) is 15.0. The molecule has 0 unspecified atom stereocenters. The summed E-state index contributed by atoms with van der Waals surface area (Å²) < 4.78 is 26.0. The number of hydrogen-bond donors (Lipinski definition) is 1. The van der Waals surface area contributed by atoms with Gasteiger partial charge in [0.2, 0.25) is 0 Å². The third-order valence-electron chi connectivity index (χ3n) is 3.43. The maximum Gasteiger partial charge on any atom is 0.181 e. The monoisotopic (exact) mass is 394 g/mol. The molecule has 3 rings (SSSR count). The van der Waals surface area contributed by atoms with Crippen LogP contribution in [-0.4, -0.2) is 29.0 Å². The van der Waals surface area contributed by atoms with Crippen molar-refractivity contribution in [3.8, 4) is 0 Å². The van der Waals surface area contributed by atoms with Gasteiger partial charge in [-0.2, -0.15) is 0 Å². The number of rotatable bonds is 4. The van der Waals surface area contributed by atoms with E-state index in [2.05, 4.69) is 31.2 Å². The molecule has 1 aromatic carbocycles. The highest BCUT2D eigenvalue weighted by molar-refractivity contribution is 9.10. The number of nitrogens with one attached hydrogen (secondary N) is 1. The Labute approximate surface area is 142 Å². The summed E-state index contributed by atoms with van der Waals surface area (Å²) >= 11 is 3.49. The smallest absolute Gasteiger partial charge is 0.181 e. The van der Waals surface area contributed by atoms with Crippen LogP contribution in [0.4, 0.5) is 5.82 Å². The van der Waals surface area contributed by atoms with Gasteiger partial charge in [0, 0.05) is 25.2 Å². The highest BCUT2D eigenvalue weighted by Gasteiger charge is 2.11. The van der Waals surface area contributed by atoms with E-state index < -0.39 is 9.84 Å². The number of fused-ring (bicyclic) bond motifs is 1. The first-order chi connectivity index (χ1) is 10.9. The van der Waals surface area contributed by atoms with Crippen LogP contribution < -0.4 is 5.32 Å². The number of aromatic nitrogens is 3. The fourth-order valence-corrected chi connectivity index (χ4v) is 3.32. The van der Waals surface area contributed by atoms with E-state index in [1.165, 1.54) is 6.26 Å². The largest absolute Gasteiger partial charge is 0.363 e. The lowest BCUT2D eigenvalue weighted by molar-refractivity contribution is 0.601. The van der Waals surface area contributed by atoms with E-state index in [9.17, 15) is 8.42 Å². The van der Waals surface area contributed by atoms with Gasteiger partial charge in [0.1, 0.15) is 4.60 Å². The summed E-state index contributed by atoms with van der Waals surface area (Å²) in [7, 11) is -3.21. The van der Waals surface area contributed by atoms with Crippen LogP contribution in [0.3, 0.4) is 0 Å². The number of benzene rings is 1. The number of imidazole rings is 1. The van der Waals surface area contributed by atoms with Crippen molar-refractivity contribution in [2.75, 3.05) is 11.6 Å². The van der Waals surface area contributed by atoms with Gasteiger partial charge in [-0.25, -0.2) is 18.4 Å². The molecule has 0 fully saturated rings. The molecule has 2 aromatic heterocycles. The van der Waals surface area contributed by atoms with Gasteiger partial charge in [0.25, 0.3) is 0 Å². The maximum absolute atomic E-state index is 11.6. The normalized spacial score (nSPS) is 11.8. The molecule has 2 heterocycles. The topological polar surface area (TPSA) is 76.4 Å². The number of nitrogens with zero attached hydrogens (tertiary/aromatic N) is 3. The second kappa shape index (κ2) is 5.93. The second-order valence-electron chi connectivity index (χ2n) is 5.23. The average Bonchev–Trinajstić information content (AvgIpc) is 2.80. The molecule has 0 amide bonds. The van der Waals surface area contributed by atoms with Gasteiger partial charge in [-0.1, -0.05) is 12.1 Å². The third kappa shape index (κ3) is 3.23. The van der Waals surface area contributed by atoms with E-state index >= 15 is 0 Å². The van der Waals surface area contributed by atoms with Crippen molar-refractivity contribution in [1.29, 1.82) is 0 Å².